The second kappa shape index (κ2) is 8.46. The van der Waals surface area contributed by atoms with Crippen LogP contribution in [0.2, 0.25) is 0 Å². The Kier molecular flexibility index (Phi) is 6.86. The van der Waals surface area contributed by atoms with E-state index in [2.05, 4.69) is 19.2 Å². The molecule has 0 fully saturated rings. The van der Waals surface area contributed by atoms with Crippen molar-refractivity contribution in [3.8, 4) is 0 Å². The monoisotopic (exact) mass is 261 g/mol. The van der Waals surface area contributed by atoms with E-state index < -0.39 is 0 Å². The molecular weight excluding hydrogens is 238 g/mol. The summed E-state index contributed by atoms with van der Waals surface area (Å²) in [6.45, 7) is 4.24. The number of nitrogens with one attached hydrogen (secondary N) is 1. The first-order valence-electron chi connectivity index (χ1n) is 7.05. The minimum absolute atomic E-state index is 0.00739. The van der Waals surface area contributed by atoms with Crippen molar-refractivity contribution in [2.75, 3.05) is 6.54 Å². The van der Waals surface area contributed by atoms with Crippen LogP contribution in [0.15, 0.2) is 30.3 Å². The summed E-state index contributed by atoms with van der Waals surface area (Å²) in [6.07, 6.45) is 3.76. The fourth-order valence-corrected chi connectivity index (χ4v) is 2.14. The van der Waals surface area contributed by atoms with Gasteiger partial charge in [0.25, 0.3) is 0 Å². The standard InChI is InChI=1S/C16H23NO2/c1-3-8-14(9-4-2)16(19)17-12-15(18)13-10-6-5-7-11-13/h5-7,10-11,14H,3-4,8-9,12H2,1-2H3,(H,17,19). The molecule has 3 nitrogen and oxygen atoms in total. The van der Waals surface area contributed by atoms with Crippen LogP contribution in [-0.2, 0) is 4.79 Å². The van der Waals surface area contributed by atoms with Crippen molar-refractivity contribution in [1.29, 1.82) is 0 Å². The summed E-state index contributed by atoms with van der Waals surface area (Å²) >= 11 is 0. The molecular formula is C16H23NO2. The molecule has 1 aromatic rings. The molecule has 0 aliphatic carbocycles. The zero-order valence-corrected chi connectivity index (χ0v) is 11.8. The van der Waals surface area contributed by atoms with Crippen LogP contribution in [0.4, 0.5) is 0 Å². The Morgan fingerprint density at radius 3 is 2.16 bits per heavy atom. The number of hydrogen-bond donors (Lipinski definition) is 1. The number of Topliss-reactive ketones (excluding diaryl/α,β-unsaturated/α-hetero) is 1. The van der Waals surface area contributed by atoms with E-state index in [0.29, 0.717) is 5.56 Å². The lowest BCUT2D eigenvalue weighted by molar-refractivity contribution is -0.125. The van der Waals surface area contributed by atoms with Crippen LogP contribution in [0.5, 0.6) is 0 Å². The molecule has 0 spiro atoms. The largest absolute Gasteiger partial charge is 0.348 e. The molecule has 1 N–H and O–H groups in total. The highest BCUT2D eigenvalue weighted by atomic mass is 16.2. The summed E-state index contributed by atoms with van der Waals surface area (Å²) in [5.74, 6) is 0.00671. The van der Waals surface area contributed by atoms with E-state index in [-0.39, 0.29) is 24.2 Å². The van der Waals surface area contributed by atoms with Gasteiger partial charge in [0, 0.05) is 11.5 Å². The zero-order chi connectivity index (χ0) is 14.1. The lowest BCUT2D eigenvalue weighted by Gasteiger charge is -2.14. The van der Waals surface area contributed by atoms with Gasteiger partial charge in [-0.15, -0.1) is 0 Å². The fourth-order valence-electron chi connectivity index (χ4n) is 2.14. The number of ketones is 1. The van der Waals surface area contributed by atoms with Gasteiger partial charge in [-0.2, -0.15) is 0 Å². The van der Waals surface area contributed by atoms with E-state index in [1.807, 2.05) is 18.2 Å². The summed E-state index contributed by atoms with van der Waals surface area (Å²) in [4.78, 5) is 23.9. The van der Waals surface area contributed by atoms with Crippen molar-refractivity contribution >= 4 is 11.7 Å². The molecule has 0 heterocycles. The van der Waals surface area contributed by atoms with Crippen LogP contribution >= 0.6 is 0 Å². The lowest BCUT2D eigenvalue weighted by atomic mass is 9.97. The van der Waals surface area contributed by atoms with E-state index in [1.165, 1.54) is 0 Å². The van der Waals surface area contributed by atoms with Gasteiger partial charge in [-0.3, -0.25) is 9.59 Å². The second-order valence-corrected chi connectivity index (χ2v) is 4.78. The minimum Gasteiger partial charge on any atom is -0.348 e. The van der Waals surface area contributed by atoms with Crippen LogP contribution in [0.1, 0.15) is 49.9 Å². The van der Waals surface area contributed by atoms with Crippen LogP contribution in [0.25, 0.3) is 0 Å². The van der Waals surface area contributed by atoms with Gasteiger partial charge >= 0.3 is 0 Å². The minimum atomic E-state index is -0.0410. The molecule has 1 amide bonds. The first kappa shape index (κ1) is 15.4. The van der Waals surface area contributed by atoms with E-state index in [1.54, 1.807) is 12.1 Å². The smallest absolute Gasteiger partial charge is 0.223 e. The van der Waals surface area contributed by atoms with Crippen molar-refractivity contribution in [3.05, 3.63) is 35.9 Å². The molecule has 0 aliphatic heterocycles. The summed E-state index contributed by atoms with van der Waals surface area (Å²) in [5, 5.41) is 2.76. The average molecular weight is 261 g/mol. The van der Waals surface area contributed by atoms with Gasteiger partial charge in [0.15, 0.2) is 5.78 Å². The Morgan fingerprint density at radius 2 is 1.63 bits per heavy atom. The van der Waals surface area contributed by atoms with E-state index in [9.17, 15) is 9.59 Å². The molecule has 3 heteroatoms. The van der Waals surface area contributed by atoms with Gasteiger partial charge in [-0.25, -0.2) is 0 Å². The fraction of sp³-hybridized carbons (Fsp3) is 0.500. The van der Waals surface area contributed by atoms with Crippen LogP contribution in [0.3, 0.4) is 0 Å². The SMILES string of the molecule is CCCC(CCC)C(=O)NCC(=O)c1ccccc1. The first-order valence-corrected chi connectivity index (χ1v) is 7.05. The predicted octanol–water partition coefficient (Wildman–Crippen LogP) is 3.20. The third kappa shape index (κ3) is 5.25. The molecule has 0 atom stereocenters. The van der Waals surface area contributed by atoms with E-state index in [0.717, 1.165) is 25.7 Å². The molecule has 1 rings (SSSR count). The maximum Gasteiger partial charge on any atom is 0.223 e. The van der Waals surface area contributed by atoms with Gasteiger partial charge in [-0.1, -0.05) is 57.0 Å². The molecule has 0 aromatic heterocycles. The van der Waals surface area contributed by atoms with E-state index in [4.69, 9.17) is 0 Å². The van der Waals surface area contributed by atoms with Crippen molar-refractivity contribution in [3.63, 3.8) is 0 Å². The highest BCUT2D eigenvalue weighted by Gasteiger charge is 2.17. The molecule has 0 saturated heterocycles. The summed E-state index contributed by atoms with van der Waals surface area (Å²) in [5.41, 5.74) is 0.644. The molecule has 0 unspecified atom stereocenters. The molecule has 0 saturated carbocycles. The number of rotatable bonds is 8. The molecule has 0 aliphatic rings. The Hall–Kier alpha value is -1.64. The van der Waals surface area contributed by atoms with Gasteiger partial charge < -0.3 is 5.32 Å². The number of benzene rings is 1. The maximum absolute atomic E-state index is 12.0. The molecule has 104 valence electrons. The second-order valence-electron chi connectivity index (χ2n) is 4.78. The van der Waals surface area contributed by atoms with Gasteiger partial charge in [0.2, 0.25) is 5.91 Å². The topological polar surface area (TPSA) is 46.2 Å². The van der Waals surface area contributed by atoms with Gasteiger partial charge in [-0.05, 0) is 12.8 Å². The van der Waals surface area contributed by atoms with Crippen molar-refractivity contribution in [1.82, 2.24) is 5.32 Å². The third-order valence-corrected chi connectivity index (χ3v) is 3.16. The Bertz CT molecular complexity index is 394. The lowest BCUT2D eigenvalue weighted by Crippen LogP contribution is -2.34. The summed E-state index contributed by atoms with van der Waals surface area (Å²) in [6, 6.07) is 9.06. The molecule has 19 heavy (non-hydrogen) atoms. The van der Waals surface area contributed by atoms with Crippen LogP contribution < -0.4 is 5.32 Å². The van der Waals surface area contributed by atoms with Crippen molar-refractivity contribution in [2.24, 2.45) is 5.92 Å². The highest BCUT2D eigenvalue weighted by molar-refractivity contribution is 5.99. The Balaban J connectivity index is 2.46. The third-order valence-electron chi connectivity index (χ3n) is 3.16. The zero-order valence-electron chi connectivity index (χ0n) is 11.8. The molecule has 0 bridgehead atoms. The van der Waals surface area contributed by atoms with Gasteiger partial charge in [0.1, 0.15) is 0 Å². The van der Waals surface area contributed by atoms with E-state index >= 15 is 0 Å². The number of amides is 1. The van der Waals surface area contributed by atoms with Gasteiger partial charge in [0.05, 0.1) is 6.54 Å². The molecule has 1 aromatic carbocycles. The summed E-state index contributed by atoms with van der Waals surface area (Å²) < 4.78 is 0. The average Bonchev–Trinajstić information content (AvgIpc) is 2.45. The number of carbonyl (C=O) groups is 2. The summed E-state index contributed by atoms with van der Waals surface area (Å²) in [7, 11) is 0. The Morgan fingerprint density at radius 1 is 1.05 bits per heavy atom. The quantitative estimate of drug-likeness (QED) is 0.730. The van der Waals surface area contributed by atoms with Crippen molar-refractivity contribution in [2.45, 2.75) is 39.5 Å². The van der Waals surface area contributed by atoms with Crippen LogP contribution in [-0.4, -0.2) is 18.2 Å². The maximum atomic E-state index is 12.0. The number of carbonyl (C=O) groups excluding carboxylic acids is 2. The first-order chi connectivity index (χ1) is 9.19. The van der Waals surface area contributed by atoms with Crippen molar-refractivity contribution < 1.29 is 9.59 Å². The number of hydrogen-bond acceptors (Lipinski definition) is 2. The molecule has 0 radical (unpaired) electrons. The highest BCUT2D eigenvalue weighted by Crippen LogP contribution is 2.13. The van der Waals surface area contributed by atoms with Crippen LogP contribution in [0, 0.1) is 5.92 Å². The Labute approximate surface area is 115 Å². The normalized spacial score (nSPS) is 10.5. The predicted molar refractivity (Wildman–Crippen MR) is 77.1 cm³/mol.